The standard InChI is InChI=1S/C6H14N2O/c1-5(2)3-6(7)8-4-9/h4-6H,3,7H2,1-2H3,(H,8,9). The minimum absolute atomic E-state index is 0.178. The first-order valence-electron chi connectivity index (χ1n) is 3.12. The SMILES string of the molecule is CC(C)CC(N)NC=O. The number of hydrogen-bond donors (Lipinski definition) is 2. The average Bonchev–Trinajstić information content (AvgIpc) is 1.63. The van der Waals surface area contributed by atoms with Gasteiger partial charge in [-0.1, -0.05) is 13.8 Å². The van der Waals surface area contributed by atoms with Gasteiger partial charge in [0.15, 0.2) is 0 Å². The van der Waals surface area contributed by atoms with Gasteiger partial charge < -0.3 is 11.1 Å². The van der Waals surface area contributed by atoms with E-state index in [0.29, 0.717) is 12.3 Å². The van der Waals surface area contributed by atoms with Crippen molar-refractivity contribution in [1.29, 1.82) is 0 Å². The van der Waals surface area contributed by atoms with E-state index >= 15 is 0 Å². The zero-order valence-corrected chi connectivity index (χ0v) is 5.92. The first-order chi connectivity index (χ1) is 4.16. The Morgan fingerprint density at radius 1 is 1.67 bits per heavy atom. The van der Waals surface area contributed by atoms with Crippen LogP contribution in [0, 0.1) is 5.92 Å². The van der Waals surface area contributed by atoms with Gasteiger partial charge in [-0.25, -0.2) is 0 Å². The van der Waals surface area contributed by atoms with Crippen molar-refractivity contribution in [2.45, 2.75) is 26.4 Å². The van der Waals surface area contributed by atoms with Gasteiger partial charge in [0, 0.05) is 0 Å². The van der Waals surface area contributed by atoms with Crippen molar-refractivity contribution in [1.82, 2.24) is 5.32 Å². The Labute approximate surface area is 55.6 Å². The summed E-state index contributed by atoms with van der Waals surface area (Å²) in [5, 5.41) is 2.47. The molecule has 0 rings (SSSR count). The highest BCUT2D eigenvalue weighted by Gasteiger charge is 2.01. The minimum atomic E-state index is -0.178. The number of nitrogens with one attached hydrogen (secondary N) is 1. The molecule has 0 saturated carbocycles. The largest absolute Gasteiger partial charge is 0.344 e. The molecule has 3 nitrogen and oxygen atoms in total. The molecule has 3 N–H and O–H groups in total. The molecule has 1 unspecified atom stereocenters. The van der Waals surface area contributed by atoms with Crippen LogP contribution in [0.25, 0.3) is 0 Å². The quantitative estimate of drug-likeness (QED) is 0.418. The van der Waals surface area contributed by atoms with Gasteiger partial charge in [0.05, 0.1) is 6.17 Å². The minimum Gasteiger partial charge on any atom is -0.344 e. The van der Waals surface area contributed by atoms with E-state index in [1.54, 1.807) is 0 Å². The summed E-state index contributed by atoms with van der Waals surface area (Å²) in [5.41, 5.74) is 5.44. The molecule has 0 aromatic carbocycles. The van der Waals surface area contributed by atoms with Crippen molar-refractivity contribution in [2.75, 3.05) is 0 Å². The number of rotatable bonds is 4. The Kier molecular flexibility index (Phi) is 4.05. The second-order valence-electron chi connectivity index (χ2n) is 2.52. The molecule has 9 heavy (non-hydrogen) atoms. The van der Waals surface area contributed by atoms with Crippen LogP contribution >= 0.6 is 0 Å². The lowest BCUT2D eigenvalue weighted by atomic mass is 10.1. The number of amides is 1. The molecular weight excluding hydrogens is 116 g/mol. The summed E-state index contributed by atoms with van der Waals surface area (Å²) in [6.45, 7) is 4.12. The molecule has 0 saturated heterocycles. The van der Waals surface area contributed by atoms with Gasteiger partial charge in [-0.3, -0.25) is 4.79 Å². The summed E-state index contributed by atoms with van der Waals surface area (Å²) >= 11 is 0. The number of hydrogen-bond acceptors (Lipinski definition) is 2. The fraction of sp³-hybridized carbons (Fsp3) is 0.833. The van der Waals surface area contributed by atoms with Crippen LogP contribution in [0.3, 0.4) is 0 Å². The van der Waals surface area contributed by atoms with E-state index in [1.165, 1.54) is 0 Å². The Bertz CT molecular complexity index is 83.1. The smallest absolute Gasteiger partial charge is 0.208 e. The monoisotopic (exact) mass is 130 g/mol. The molecule has 3 heteroatoms. The summed E-state index contributed by atoms with van der Waals surface area (Å²) in [6, 6.07) is 0. The Hall–Kier alpha value is -0.570. The van der Waals surface area contributed by atoms with Crippen LogP contribution in [0.4, 0.5) is 0 Å². The van der Waals surface area contributed by atoms with E-state index in [4.69, 9.17) is 5.73 Å². The number of nitrogens with two attached hydrogens (primary N) is 1. The predicted molar refractivity (Wildman–Crippen MR) is 36.6 cm³/mol. The maximum Gasteiger partial charge on any atom is 0.208 e. The normalized spacial score (nSPS) is 13.3. The second-order valence-corrected chi connectivity index (χ2v) is 2.52. The van der Waals surface area contributed by atoms with Gasteiger partial charge in [-0.05, 0) is 12.3 Å². The van der Waals surface area contributed by atoms with E-state index in [2.05, 4.69) is 19.2 Å². The van der Waals surface area contributed by atoms with Crippen LogP contribution in [0.15, 0.2) is 0 Å². The fourth-order valence-electron chi connectivity index (χ4n) is 0.663. The summed E-state index contributed by atoms with van der Waals surface area (Å²) in [5.74, 6) is 0.535. The van der Waals surface area contributed by atoms with Crippen LogP contribution in [0.5, 0.6) is 0 Å². The van der Waals surface area contributed by atoms with Gasteiger partial charge in [-0.2, -0.15) is 0 Å². The topological polar surface area (TPSA) is 55.1 Å². The molecule has 0 spiro atoms. The van der Waals surface area contributed by atoms with Crippen LogP contribution in [0.2, 0.25) is 0 Å². The van der Waals surface area contributed by atoms with Crippen molar-refractivity contribution in [3.05, 3.63) is 0 Å². The Balaban J connectivity index is 3.25. The van der Waals surface area contributed by atoms with Crippen molar-refractivity contribution < 1.29 is 4.79 Å². The number of carbonyl (C=O) groups is 1. The lowest BCUT2D eigenvalue weighted by Crippen LogP contribution is -2.37. The molecule has 0 fully saturated rings. The molecular formula is C6H14N2O. The molecule has 0 bridgehead atoms. The summed E-state index contributed by atoms with van der Waals surface area (Å²) in [6.07, 6.45) is 1.29. The lowest BCUT2D eigenvalue weighted by molar-refractivity contribution is -0.110. The highest BCUT2D eigenvalue weighted by molar-refractivity contribution is 5.46. The third-order valence-corrected chi connectivity index (χ3v) is 1.01. The fourth-order valence-corrected chi connectivity index (χ4v) is 0.663. The molecule has 0 aliphatic heterocycles. The molecule has 0 aliphatic rings. The Morgan fingerprint density at radius 3 is 2.56 bits per heavy atom. The van der Waals surface area contributed by atoms with Gasteiger partial charge >= 0.3 is 0 Å². The maximum atomic E-state index is 9.81. The zero-order chi connectivity index (χ0) is 7.28. The van der Waals surface area contributed by atoms with E-state index in [-0.39, 0.29) is 6.17 Å². The average molecular weight is 130 g/mol. The van der Waals surface area contributed by atoms with Crippen molar-refractivity contribution in [3.63, 3.8) is 0 Å². The van der Waals surface area contributed by atoms with Crippen LogP contribution in [-0.2, 0) is 4.79 Å². The van der Waals surface area contributed by atoms with Crippen LogP contribution in [-0.4, -0.2) is 12.6 Å². The van der Waals surface area contributed by atoms with Gasteiger partial charge in [0.2, 0.25) is 6.41 Å². The predicted octanol–water partition coefficient (Wildman–Crippen LogP) is 0.0633. The molecule has 1 amide bonds. The third-order valence-electron chi connectivity index (χ3n) is 1.01. The van der Waals surface area contributed by atoms with Gasteiger partial charge in [0.1, 0.15) is 0 Å². The third kappa shape index (κ3) is 5.30. The van der Waals surface area contributed by atoms with E-state index in [9.17, 15) is 4.79 Å². The lowest BCUT2D eigenvalue weighted by Gasteiger charge is -2.11. The van der Waals surface area contributed by atoms with Crippen molar-refractivity contribution in [3.8, 4) is 0 Å². The highest BCUT2D eigenvalue weighted by Crippen LogP contribution is 1.98. The molecule has 0 aromatic rings. The van der Waals surface area contributed by atoms with E-state index in [1.807, 2.05) is 0 Å². The molecule has 0 aliphatic carbocycles. The molecule has 54 valence electrons. The van der Waals surface area contributed by atoms with Crippen molar-refractivity contribution in [2.24, 2.45) is 11.7 Å². The first-order valence-corrected chi connectivity index (χ1v) is 3.12. The van der Waals surface area contributed by atoms with E-state index < -0.39 is 0 Å². The highest BCUT2D eigenvalue weighted by atomic mass is 16.1. The van der Waals surface area contributed by atoms with E-state index in [0.717, 1.165) is 6.42 Å². The summed E-state index contributed by atoms with van der Waals surface area (Å²) in [4.78, 5) is 9.81. The van der Waals surface area contributed by atoms with Gasteiger partial charge in [-0.15, -0.1) is 0 Å². The molecule has 1 atom stereocenters. The first kappa shape index (κ1) is 8.43. The molecule has 0 heterocycles. The Morgan fingerprint density at radius 2 is 2.22 bits per heavy atom. The van der Waals surface area contributed by atoms with Crippen LogP contribution in [0.1, 0.15) is 20.3 Å². The van der Waals surface area contributed by atoms with Crippen molar-refractivity contribution >= 4 is 6.41 Å². The summed E-state index contributed by atoms with van der Waals surface area (Å²) in [7, 11) is 0. The maximum absolute atomic E-state index is 9.81. The number of carbonyl (C=O) groups excluding carboxylic acids is 1. The van der Waals surface area contributed by atoms with Crippen LogP contribution < -0.4 is 11.1 Å². The second kappa shape index (κ2) is 4.32. The summed E-state index contributed by atoms with van der Waals surface area (Å²) < 4.78 is 0. The van der Waals surface area contributed by atoms with Gasteiger partial charge in [0.25, 0.3) is 0 Å². The molecule has 0 aromatic heterocycles. The zero-order valence-electron chi connectivity index (χ0n) is 5.92. The molecule has 0 radical (unpaired) electrons.